The predicted octanol–water partition coefficient (Wildman–Crippen LogP) is -3.34. The lowest BCUT2D eigenvalue weighted by Crippen LogP contribution is -2.60. The van der Waals surface area contributed by atoms with Crippen molar-refractivity contribution in [2.24, 2.45) is 0 Å². The molecule has 4 atom stereocenters. The molecule has 0 radical (unpaired) electrons. The molecular formula is C7H13NO10S2-2. The maximum Gasteiger partial charge on any atom is 0.217 e. The van der Waals surface area contributed by atoms with Crippen LogP contribution >= 0.6 is 0 Å². The summed E-state index contributed by atoms with van der Waals surface area (Å²) in [4.78, 5) is 0. The lowest BCUT2D eigenvalue weighted by atomic mass is 9.99. The first-order valence-electron chi connectivity index (χ1n) is 5.19. The Kier molecular flexibility index (Phi) is 5.82. The van der Waals surface area contributed by atoms with Crippen molar-refractivity contribution in [1.82, 2.24) is 4.72 Å². The first-order chi connectivity index (χ1) is 9.03. The third kappa shape index (κ3) is 5.55. The van der Waals surface area contributed by atoms with E-state index in [9.17, 15) is 31.0 Å². The van der Waals surface area contributed by atoms with Crippen LogP contribution in [0.3, 0.4) is 0 Å². The Morgan fingerprint density at radius 1 is 1.35 bits per heavy atom. The molecule has 2 unspecified atom stereocenters. The Labute approximate surface area is 115 Å². The third-order valence-electron chi connectivity index (χ3n) is 2.55. The second-order valence-electron chi connectivity index (χ2n) is 3.93. The molecule has 0 bridgehead atoms. The molecule has 2 N–H and O–H groups in total. The molecule has 0 aromatic rings. The van der Waals surface area contributed by atoms with Crippen LogP contribution in [0.25, 0.3) is 0 Å². The van der Waals surface area contributed by atoms with Crippen molar-refractivity contribution in [3.63, 3.8) is 0 Å². The molecule has 1 saturated heterocycles. The highest BCUT2D eigenvalue weighted by Gasteiger charge is 2.40. The summed E-state index contributed by atoms with van der Waals surface area (Å²) >= 11 is 0. The molecule has 1 fully saturated rings. The topological polar surface area (TPSA) is 174 Å². The highest BCUT2D eigenvalue weighted by Crippen LogP contribution is 2.19. The largest absolute Gasteiger partial charge is 0.735 e. The van der Waals surface area contributed by atoms with Crippen LogP contribution < -0.4 is 4.72 Å². The number of ether oxygens (including phenoxy) is 2. The third-order valence-corrected chi connectivity index (χ3v) is 3.57. The van der Waals surface area contributed by atoms with Gasteiger partial charge in [-0.15, -0.1) is 0 Å². The van der Waals surface area contributed by atoms with Crippen LogP contribution in [0, 0.1) is 0 Å². The predicted molar refractivity (Wildman–Crippen MR) is 58.8 cm³/mol. The maximum absolute atomic E-state index is 10.6. The van der Waals surface area contributed by atoms with Gasteiger partial charge in [0.2, 0.25) is 10.4 Å². The molecule has 1 aliphatic heterocycles. The molecule has 120 valence electrons. The number of hydrogen-bond acceptors (Lipinski definition) is 10. The van der Waals surface area contributed by atoms with Crippen molar-refractivity contribution in [3.05, 3.63) is 0 Å². The smallest absolute Gasteiger partial charge is 0.217 e. The summed E-state index contributed by atoms with van der Waals surface area (Å²) < 4.78 is 78.1. The molecule has 0 amide bonds. The van der Waals surface area contributed by atoms with Crippen LogP contribution in [0.1, 0.15) is 0 Å². The van der Waals surface area contributed by atoms with Gasteiger partial charge in [-0.2, -0.15) is 0 Å². The van der Waals surface area contributed by atoms with E-state index in [1.165, 1.54) is 0 Å². The summed E-state index contributed by atoms with van der Waals surface area (Å²) in [5.74, 6) is 0. The van der Waals surface area contributed by atoms with Crippen molar-refractivity contribution in [1.29, 1.82) is 0 Å². The monoisotopic (exact) mass is 335 g/mol. The molecule has 1 rings (SSSR count). The first-order valence-corrected chi connectivity index (χ1v) is 7.93. The molecule has 0 aromatic carbocycles. The average molecular weight is 335 g/mol. The molecule has 0 saturated carbocycles. The zero-order chi connectivity index (χ0) is 15.6. The minimum atomic E-state index is -4.94. The Balaban J connectivity index is 2.71. The van der Waals surface area contributed by atoms with Crippen molar-refractivity contribution >= 4 is 20.7 Å². The molecule has 1 aliphatic rings. The van der Waals surface area contributed by atoms with Crippen molar-refractivity contribution in [3.8, 4) is 0 Å². The first kappa shape index (κ1) is 17.7. The van der Waals surface area contributed by atoms with Gasteiger partial charge in [0.15, 0.2) is 10.3 Å². The van der Waals surface area contributed by atoms with Crippen LogP contribution in [0.2, 0.25) is 0 Å². The number of hydrogen-bond donors (Lipinski definition) is 2. The molecule has 0 aliphatic carbocycles. The van der Waals surface area contributed by atoms with Crippen LogP contribution in [-0.2, 0) is 34.4 Å². The number of aliphatic hydroxyl groups excluding tert-OH is 1. The number of aliphatic hydroxyl groups is 1. The van der Waals surface area contributed by atoms with Gasteiger partial charge in [-0.3, -0.25) is 4.18 Å². The van der Waals surface area contributed by atoms with Crippen molar-refractivity contribution in [2.45, 2.75) is 24.4 Å². The van der Waals surface area contributed by atoms with Crippen LogP contribution in [0.4, 0.5) is 0 Å². The van der Waals surface area contributed by atoms with E-state index >= 15 is 0 Å². The van der Waals surface area contributed by atoms with Gasteiger partial charge in [-0.1, -0.05) is 0 Å². The van der Waals surface area contributed by atoms with Crippen molar-refractivity contribution < 1.29 is 44.7 Å². The van der Waals surface area contributed by atoms with Crippen LogP contribution in [0.5, 0.6) is 0 Å². The molecular weight excluding hydrogens is 322 g/mol. The van der Waals surface area contributed by atoms with E-state index in [1.807, 2.05) is 0 Å². The van der Waals surface area contributed by atoms with Gasteiger partial charge in [0.25, 0.3) is 0 Å². The van der Waals surface area contributed by atoms with Crippen LogP contribution in [0.15, 0.2) is 0 Å². The fraction of sp³-hybridized carbons (Fsp3) is 1.00. The van der Waals surface area contributed by atoms with Gasteiger partial charge in [0.1, 0.15) is 18.3 Å². The van der Waals surface area contributed by atoms with Crippen LogP contribution in [-0.4, -0.2) is 75.7 Å². The van der Waals surface area contributed by atoms with E-state index in [0.29, 0.717) is 0 Å². The van der Waals surface area contributed by atoms with Gasteiger partial charge < -0.3 is 23.7 Å². The van der Waals surface area contributed by atoms with Gasteiger partial charge in [0.05, 0.1) is 19.3 Å². The summed E-state index contributed by atoms with van der Waals surface area (Å²) in [6, 6.07) is -1.26. The summed E-state index contributed by atoms with van der Waals surface area (Å²) in [7, 11) is -8.61. The summed E-state index contributed by atoms with van der Waals surface area (Å²) in [5.41, 5.74) is 0. The lowest BCUT2D eigenvalue weighted by Gasteiger charge is -2.39. The maximum atomic E-state index is 10.6. The average Bonchev–Trinajstić information content (AvgIpc) is 2.27. The Morgan fingerprint density at radius 3 is 2.40 bits per heavy atom. The Bertz CT molecular complexity index is 514. The molecule has 0 spiro atoms. The highest BCUT2D eigenvalue weighted by molar-refractivity contribution is 7.83. The fourth-order valence-corrected chi connectivity index (χ4v) is 2.62. The van der Waals surface area contributed by atoms with Gasteiger partial charge in [0, 0.05) is 7.11 Å². The number of rotatable bonds is 6. The minimum absolute atomic E-state index is 0.421. The normalized spacial score (nSPS) is 32.2. The zero-order valence-corrected chi connectivity index (χ0v) is 11.8. The SMILES string of the molecule is CO[C@@H]1C(COS(=O)(=O)[O-])OCC(NS(=O)(=O)[O-])[C@@H]1O. The second kappa shape index (κ2) is 6.59. The van der Waals surface area contributed by atoms with E-state index in [2.05, 4.69) is 4.18 Å². The highest BCUT2D eigenvalue weighted by atomic mass is 32.3. The summed E-state index contributed by atoms with van der Waals surface area (Å²) in [6.07, 6.45) is -3.80. The molecule has 13 heteroatoms. The van der Waals surface area contributed by atoms with E-state index in [1.54, 1.807) is 4.72 Å². The van der Waals surface area contributed by atoms with Crippen molar-refractivity contribution in [2.75, 3.05) is 20.3 Å². The van der Waals surface area contributed by atoms with Gasteiger partial charge >= 0.3 is 0 Å². The number of methoxy groups -OCH3 is 1. The van der Waals surface area contributed by atoms with Gasteiger partial charge in [-0.05, 0) is 0 Å². The summed E-state index contributed by atoms with van der Waals surface area (Å²) in [5, 5.41) is 9.84. The van der Waals surface area contributed by atoms with E-state index in [0.717, 1.165) is 7.11 Å². The second-order valence-corrected chi connectivity index (χ2v) is 6.13. The number of nitrogens with one attached hydrogen (secondary N) is 1. The van der Waals surface area contributed by atoms with E-state index < -0.39 is 58.3 Å². The molecule has 20 heavy (non-hydrogen) atoms. The fourth-order valence-electron chi connectivity index (χ4n) is 1.74. The van der Waals surface area contributed by atoms with Gasteiger partial charge in [-0.25, -0.2) is 21.6 Å². The Morgan fingerprint density at radius 2 is 1.95 bits per heavy atom. The molecule has 1 heterocycles. The quantitative estimate of drug-likeness (QED) is 0.368. The minimum Gasteiger partial charge on any atom is -0.735 e. The Hall–Kier alpha value is -0.380. The standard InChI is InChI=1S/C7H15NO10S2/c1-16-7-5(3-18-20(13,14)15)17-2-4(6(7)9)8-19(10,11)12/h4-9H,2-3H2,1H3,(H,10,11,12)(H,13,14,15)/p-2/t4?,5?,6-,7+/m0/s1. The molecule has 11 nitrogen and oxygen atoms in total. The van der Waals surface area contributed by atoms with E-state index in [4.69, 9.17) is 9.47 Å². The summed E-state index contributed by atoms with van der Waals surface area (Å²) in [6.45, 7) is -1.13. The molecule has 0 aromatic heterocycles. The lowest BCUT2D eigenvalue weighted by molar-refractivity contribution is -0.167. The zero-order valence-electron chi connectivity index (χ0n) is 10.2. The van der Waals surface area contributed by atoms with E-state index in [-0.39, 0.29) is 0 Å².